The number of azo groups is 2. The molecule has 0 aliphatic heterocycles. The minimum absolute atomic E-state index is 0.251. The van der Waals surface area contributed by atoms with E-state index in [1.807, 2.05) is 13.8 Å². The minimum Gasteiger partial charge on any atom is -0.462 e. The monoisotopic (exact) mass is 698 g/mol. The molecule has 0 saturated carbocycles. The van der Waals surface area contributed by atoms with Gasteiger partial charge in [-0.15, -0.1) is 20.5 Å². The summed E-state index contributed by atoms with van der Waals surface area (Å²) >= 11 is 1.27. The summed E-state index contributed by atoms with van der Waals surface area (Å²) < 4.78 is 5.29. The maximum Gasteiger partial charge on any atom is 0.338 e. The van der Waals surface area contributed by atoms with Crippen molar-refractivity contribution in [3.63, 3.8) is 0 Å². The van der Waals surface area contributed by atoms with Crippen molar-refractivity contribution in [1.82, 2.24) is 0 Å². The number of carbonyl (C=O) groups is 1. The fourth-order valence-electron chi connectivity index (χ4n) is 5.80. The van der Waals surface area contributed by atoms with E-state index in [9.17, 15) is 10.1 Å². The van der Waals surface area contributed by atoms with Crippen molar-refractivity contribution in [2.24, 2.45) is 38.2 Å². The zero-order valence-electron chi connectivity index (χ0n) is 31.6. The van der Waals surface area contributed by atoms with E-state index in [4.69, 9.17) is 4.74 Å². The normalized spacial score (nSPS) is 13.0. The quantitative estimate of drug-likeness (QED) is 0.0815. The molecule has 0 fully saturated rings. The van der Waals surface area contributed by atoms with Crippen LogP contribution in [0.1, 0.15) is 134 Å². The third kappa shape index (κ3) is 12.8. The molecule has 0 radical (unpaired) electrons. The van der Waals surface area contributed by atoms with Crippen LogP contribution >= 0.6 is 11.3 Å². The van der Waals surface area contributed by atoms with Crippen LogP contribution in [0.3, 0.4) is 0 Å². The summed E-state index contributed by atoms with van der Waals surface area (Å²) in [6, 6.07) is 17.3. The molecule has 9 heteroatoms. The number of anilines is 1. The van der Waals surface area contributed by atoms with Crippen LogP contribution in [-0.2, 0) is 4.74 Å². The fraction of sp³-hybridized carbons (Fsp3) is 0.561. The Kier molecular flexibility index (Phi) is 17.3. The van der Waals surface area contributed by atoms with Gasteiger partial charge in [-0.1, -0.05) is 105 Å². The SMILES string of the molecule is CCCCC(CC)CN(CC(CC)CCCC)c1ccc(/N=N/c2sc(N=Nc3ccc(C(=O)OCC(C)C)cc3)cc2C#N)c(C(C)C)c1. The van der Waals surface area contributed by atoms with Gasteiger partial charge in [-0.25, -0.2) is 4.79 Å². The molecule has 1 aromatic heterocycles. The molecule has 0 amide bonds. The Morgan fingerprint density at radius 3 is 2.02 bits per heavy atom. The zero-order chi connectivity index (χ0) is 36.5. The Labute approximate surface area is 305 Å². The topological polar surface area (TPSA) is 103 Å². The zero-order valence-corrected chi connectivity index (χ0v) is 32.4. The van der Waals surface area contributed by atoms with Gasteiger partial charge in [-0.2, -0.15) is 5.26 Å². The molecule has 3 rings (SSSR count). The van der Waals surface area contributed by atoms with Crippen LogP contribution in [0, 0.1) is 29.1 Å². The van der Waals surface area contributed by atoms with E-state index in [2.05, 4.69) is 91.2 Å². The summed E-state index contributed by atoms with van der Waals surface area (Å²) in [7, 11) is 0. The predicted molar refractivity (Wildman–Crippen MR) is 208 cm³/mol. The van der Waals surface area contributed by atoms with Crippen molar-refractivity contribution >= 4 is 44.4 Å². The van der Waals surface area contributed by atoms with Crippen molar-refractivity contribution < 1.29 is 9.53 Å². The number of benzene rings is 2. The van der Waals surface area contributed by atoms with Crippen LogP contribution in [0.15, 0.2) is 69.0 Å². The first-order valence-corrected chi connectivity index (χ1v) is 19.5. The largest absolute Gasteiger partial charge is 0.462 e. The molecule has 1 heterocycles. The number of esters is 1. The predicted octanol–water partition coefficient (Wildman–Crippen LogP) is 13.6. The molecule has 8 nitrogen and oxygen atoms in total. The summed E-state index contributed by atoms with van der Waals surface area (Å²) in [6.07, 6.45) is 9.93. The van der Waals surface area contributed by atoms with Crippen LogP contribution < -0.4 is 4.90 Å². The van der Waals surface area contributed by atoms with Gasteiger partial charge in [0.2, 0.25) is 0 Å². The van der Waals surface area contributed by atoms with E-state index in [0.717, 1.165) is 24.3 Å². The Balaban J connectivity index is 1.84. The molecule has 270 valence electrons. The molecule has 2 atom stereocenters. The summed E-state index contributed by atoms with van der Waals surface area (Å²) in [5, 5.41) is 28.7. The third-order valence-corrected chi connectivity index (χ3v) is 9.93. The molecular formula is C41H58N6O2S. The van der Waals surface area contributed by atoms with Gasteiger partial charge in [-0.05, 0) is 90.6 Å². The van der Waals surface area contributed by atoms with Crippen LogP contribution in [0.4, 0.5) is 27.1 Å². The van der Waals surface area contributed by atoms with Crippen molar-refractivity contribution in [2.45, 2.75) is 113 Å². The molecule has 0 spiro atoms. The second kappa shape index (κ2) is 21.3. The highest BCUT2D eigenvalue weighted by molar-refractivity contribution is 7.19. The van der Waals surface area contributed by atoms with Crippen molar-refractivity contribution in [1.29, 1.82) is 5.26 Å². The van der Waals surface area contributed by atoms with E-state index < -0.39 is 0 Å². The number of ether oxygens (including phenoxy) is 1. The first kappa shape index (κ1) is 40.5. The fourth-order valence-corrected chi connectivity index (χ4v) is 6.56. The number of unbranched alkanes of at least 4 members (excludes halogenated alkanes) is 2. The lowest BCUT2D eigenvalue weighted by Crippen LogP contribution is -2.34. The molecule has 0 bridgehead atoms. The Morgan fingerprint density at radius 2 is 1.48 bits per heavy atom. The molecule has 0 aliphatic carbocycles. The molecule has 2 unspecified atom stereocenters. The van der Waals surface area contributed by atoms with Crippen LogP contribution in [0.25, 0.3) is 0 Å². The molecule has 50 heavy (non-hydrogen) atoms. The van der Waals surface area contributed by atoms with Crippen molar-refractivity contribution in [3.8, 4) is 6.07 Å². The Bertz CT molecular complexity index is 1550. The number of nitrogens with zero attached hydrogens (tertiary/aromatic N) is 6. The van der Waals surface area contributed by atoms with Crippen molar-refractivity contribution in [2.75, 3.05) is 24.6 Å². The summed E-state index contributed by atoms with van der Waals surface area (Å²) in [4.78, 5) is 14.9. The lowest BCUT2D eigenvalue weighted by molar-refractivity contribution is 0.0459. The van der Waals surface area contributed by atoms with Gasteiger partial charge in [-0.3, -0.25) is 0 Å². The van der Waals surface area contributed by atoms with E-state index in [0.29, 0.717) is 45.3 Å². The highest BCUT2D eigenvalue weighted by atomic mass is 32.1. The number of rotatable bonds is 21. The van der Waals surface area contributed by atoms with E-state index in [1.54, 1.807) is 30.3 Å². The summed E-state index contributed by atoms with van der Waals surface area (Å²) in [5.41, 5.74) is 4.67. The van der Waals surface area contributed by atoms with E-state index >= 15 is 0 Å². The van der Waals surface area contributed by atoms with Gasteiger partial charge in [0, 0.05) is 18.8 Å². The van der Waals surface area contributed by atoms with Crippen LogP contribution in [0.5, 0.6) is 0 Å². The maximum atomic E-state index is 12.2. The molecule has 2 aromatic carbocycles. The summed E-state index contributed by atoms with van der Waals surface area (Å²) in [6.45, 7) is 20.1. The van der Waals surface area contributed by atoms with Gasteiger partial charge < -0.3 is 9.64 Å². The minimum atomic E-state index is -0.359. The van der Waals surface area contributed by atoms with Gasteiger partial charge in [0.25, 0.3) is 0 Å². The number of thiophene rings is 1. The number of hydrogen-bond donors (Lipinski definition) is 0. The molecular weight excluding hydrogens is 641 g/mol. The second-order valence-corrected chi connectivity index (χ2v) is 15.0. The van der Waals surface area contributed by atoms with E-state index in [1.165, 1.54) is 68.4 Å². The third-order valence-electron chi connectivity index (χ3n) is 9.03. The average molecular weight is 699 g/mol. The number of hydrogen-bond acceptors (Lipinski definition) is 9. The van der Waals surface area contributed by atoms with Crippen LogP contribution in [-0.4, -0.2) is 25.7 Å². The van der Waals surface area contributed by atoms with Crippen LogP contribution in [0.2, 0.25) is 0 Å². The van der Waals surface area contributed by atoms with Gasteiger partial charge >= 0.3 is 5.97 Å². The van der Waals surface area contributed by atoms with Gasteiger partial charge in [0.05, 0.1) is 29.1 Å². The first-order chi connectivity index (χ1) is 24.1. The molecule has 3 aromatic rings. The molecule has 0 saturated heterocycles. The van der Waals surface area contributed by atoms with Gasteiger partial charge in [0.15, 0.2) is 5.00 Å². The lowest BCUT2D eigenvalue weighted by atomic mass is 9.94. The number of carbonyl (C=O) groups excluding carboxylic acids is 1. The molecule has 0 N–H and O–H groups in total. The highest BCUT2D eigenvalue weighted by Gasteiger charge is 2.20. The second-order valence-electron chi connectivity index (χ2n) is 14.0. The van der Waals surface area contributed by atoms with Crippen molar-refractivity contribution in [3.05, 3.63) is 65.2 Å². The number of nitriles is 1. The Hall–Kier alpha value is -3.90. The highest BCUT2D eigenvalue weighted by Crippen LogP contribution is 2.39. The molecule has 0 aliphatic rings. The van der Waals surface area contributed by atoms with Gasteiger partial charge in [0.1, 0.15) is 11.1 Å². The summed E-state index contributed by atoms with van der Waals surface area (Å²) in [5.74, 6) is 1.51. The standard InChI is InChI=1S/C41H58N6O2S/c1-9-13-15-31(11-3)26-47(27-32(12-4)16-14-10-2)36-21-22-38(37(24-36)30(7)8)44-46-40-34(25-42)23-39(50-40)45-43-35-19-17-33(18-20-35)41(48)49-28-29(5)6/h17-24,29-32H,9-16,26-28H2,1-8H3/b45-43?,46-44+. The maximum absolute atomic E-state index is 12.2. The average Bonchev–Trinajstić information content (AvgIpc) is 3.53. The lowest BCUT2D eigenvalue weighted by Gasteiger charge is -2.33. The smallest absolute Gasteiger partial charge is 0.338 e. The Morgan fingerprint density at radius 1 is 0.840 bits per heavy atom. The first-order valence-electron chi connectivity index (χ1n) is 18.7. The van der Waals surface area contributed by atoms with E-state index in [-0.39, 0.29) is 17.8 Å².